The first kappa shape index (κ1) is 18.6. The Hall–Kier alpha value is -3.74. The van der Waals surface area contributed by atoms with Crippen LogP contribution in [0, 0.1) is 13.8 Å². The molecule has 1 N–H and O–H groups in total. The highest BCUT2D eigenvalue weighted by atomic mass is 16.1. The number of aryl methyl sites for hydroxylation is 3. The van der Waals surface area contributed by atoms with Gasteiger partial charge in [-0.25, -0.2) is 9.36 Å². The molecule has 29 heavy (non-hydrogen) atoms. The van der Waals surface area contributed by atoms with Gasteiger partial charge in [0, 0.05) is 18.1 Å². The van der Waals surface area contributed by atoms with Crippen LogP contribution in [0.2, 0.25) is 0 Å². The van der Waals surface area contributed by atoms with Crippen molar-refractivity contribution >= 4 is 22.4 Å². The second-order valence-electron chi connectivity index (χ2n) is 7.00. The number of hydrogen-bond acceptors (Lipinski definition) is 4. The molecule has 0 aliphatic carbocycles. The third kappa shape index (κ3) is 3.54. The van der Waals surface area contributed by atoms with Crippen LogP contribution in [-0.4, -0.2) is 25.5 Å². The molecule has 7 heteroatoms. The van der Waals surface area contributed by atoms with Gasteiger partial charge in [-0.05, 0) is 38.1 Å². The summed E-state index contributed by atoms with van der Waals surface area (Å²) in [7, 11) is 1.59. The van der Waals surface area contributed by atoms with Gasteiger partial charge in [0.15, 0.2) is 0 Å². The van der Waals surface area contributed by atoms with Crippen LogP contribution in [0.1, 0.15) is 17.1 Å². The number of nitrogens with one attached hydrogen (secondary N) is 1. The number of benzene rings is 2. The number of rotatable bonds is 4. The van der Waals surface area contributed by atoms with Gasteiger partial charge in [0.05, 0.1) is 34.6 Å². The van der Waals surface area contributed by atoms with E-state index in [0.717, 1.165) is 17.1 Å². The lowest BCUT2D eigenvalue weighted by atomic mass is 10.1. The first-order valence-electron chi connectivity index (χ1n) is 9.31. The van der Waals surface area contributed by atoms with E-state index in [1.165, 1.54) is 4.68 Å². The van der Waals surface area contributed by atoms with Crippen molar-refractivity contribution in [3.8, 4) is 5.69 Å². The first-order chi connectivity index (χ1) is 13.9. The van der Waals surface area contributed by atoms with E-state index < -0.39 is 0 Å². The summed E-state index contributed by atoms with van der Waals surface area (Å²) < 4.78 is 3.08. The molecule has 2 heterocycles. The summed E-state index contributed by atoms with van der Waals surface area (Å²) >= 11 is 0. The molecular formula is C22H21N5O2. The maximum Gasteiger partial charge on any atom is 0.274 e. The van der Waals surface area contributed by atoms with Gasteiger partial charge in [-0.2, -0.15) is 10.2 Å². The Bertz CT molecular complexity index is 1290. The highest BCUT2D eigenvalue weighted by Crippen LogP contribution is 2.22. The van der Waals surface area contributed by atoms with Crippen LogP contribution < -0.4 is 10.9 Å². The Morgan fingerprint density at radius 2 is 1.69 bits per heavy atom. The SMILES string of the molecule is Cc1cc(C)n(-c2ccccc2NC(=O)Cc2nn(C)c(=O)c3ccccc23)n1. The zero-order chi connectivity index (χ0) is 20.5. The lowest BCUT2D eigenvalue weighted by Gasteiger charge is -2.13. The minimum Gasteiger partial charge on any atom is -0.324 e. The minimum absolute atomic E-state index is 0.0556. The number of amides is 1. The molecule has 0 bridgehead atoms. The van der Waals surface area contributed by atoms with Gasteiger partial charge in [-0.3, -0.25) is 9.59 Å². The molecule has 2 aromatic carbocycles. The van der Waals surface area contributed by atoms with Crippen molar-refractivity contribution in [3.05, 3.63) is 82.0 Å². The molecule has 0 saturated carbocycles. The summed E-state index contributed by atoms with van der Waals surface area (Å²) in [5, 5.41) is 13.0. The van der Waals surface area contributed by atoms with Crippen molar-refractivity contribution in [3.63, 3.8) is 0 Å². The molecule has 4 rings (SSSR count). The number of fused-ring (bicyclic) bond motifs is 1. The summed E-state index contributed by atoms with van der Waals surface area (Å²) in [6.07, 6.45) is 0.0556. The molecule has 0 radical (unpaired) electrons. The van der Waals surface area contributed by atoms with E-state index in [1.54, 1.807) is 19.2 Å². The van der Waals surface area contributed by atoms with Crippen LogP contribution in [0.25, 0.3) is 16.5 Å². The Kier molecular flexibility index (Phi) is 4.72. The molecule has 4 aromatic rings. The molecule has 0 saturated heterocycles. The number of aromatic nitrogens is 4. The van der Waals surface area contributed by atoms with Crippen LogP contribution in [0.5, 0.6) is 0 Å². The monoisotopic (exact) mass is 387 g/mol. The number of anilines is 1. The van der Waals surface area contributed by atoms with Crippen LogP contribution in [-0.2, 0) is 18.3 Å². The number of nitrogens with zero attached hydrogens (tertiary/aromatic N) is 4. The fourth-order valence-electron chi connectivity index (χ4n) is 3.49. The highest BCUT2D eigenvalue weighted by molar-refractivity contribution is 5.96. The van der Waals surface area contributed by atoms with Crippen molar-refractivity contribution in [2.24, 2.45) is 7.05 Å². The average molecular weight is 387 g/mol. The lowest BCUT2D eigenvalue weighted by Crippen LogP contribution is -2.24. The lowest BCUT2D eigenvalue weighted by molar-refractivity contribution is -0.115. The molecule has 7 nitrogen and oxygen atoms in total. The molecule has 0 unspecified atom stereocenters. The van der Waals surface area contributed by atoms with Crippen LogP contribution in [0.4, 0.5) is 5.69 Å². The van der Waals surface area contributed by atoms with Crippen molar-refractivity contribution in [2.75, 3.05) is 5.32 Å². The maximum absolute atomic E-state index is 12.8. The van der Waals surface area contributed by atoms with Gasteiger partial charge in [-0.15, -0.1) is 0 Å². The molecule has 0 aliphatic heterocycles. The Labute approximate surface area is 167 Å². The predicted octanol–water partition coefficient (Wildman–Crippen LogP) is 2.92. The summed E-state index contributed by atoms with van der Waals surface area (Å²) in [5.41, 5.74) is 3.73. The van der Waals surface area contributed by atoms with E-state index in [-0.39, 0.29) is 17.9 Å². The van der Waals surface area contributed by atoms with Crippen LogP contribution in [0.15, 0.2) is 59.4 Å². The quantitative estimate of drug-likeness (QED) is 0.584. The fourth-order valence-corrected chi connectivity index (χ4v) is 3.49. The predicted molar refractivity (Wildman–Crippen MR) is 112 cm³/mol. The zero-order valence-electron chi connectivity index (χ0n) is 16.5. The second kappa shape index (κ2) is 7.35. The van der Waals surface area contributed by atoms with E-state index in [2.05, 4.69) is 15.5 Å². The summed E-state index contributed by atoms with van der Waals surface area (Å²) in [6.45, 7) is 3.90. The maximum atomic E-state index is 12.8. The van der Waals surface area contributed by atoms with E-state index in [1.807, 2.05) is 61.0 Å². The smallest absolute Gasteiger partial charge is 0.274 e. The topological polar surface area (TPSA) is 81.8 Å². The number of para-hydroxylation sites is 2. The second-order valence-corrected chi connectivity index (χ2v) is 7.00. The molecular weight excluding hydrogens is 366 g/mol. The normalized spacial score (nSPS) is 11.0. The molecule has 0 fully saturated rings. The van der Waals surface area contributed by atoms with Gasteiger partial charge >= 0.3 is 0 Å². The average Bonchev–Trinajstić information content (AvgIpc) is 3.04. The molecule has 0 spiro atoms. The van der Waals surface area contributed by atoms with Crippen molar-refractivity contribution < 1.29 is 4.79 Å². The Morgan fingerprint density at radius 1 is 1.00 bits per heavy atom. The van der Waals surface area contributed by atoms with Gasteiger partial charge in [0.25, 0.3) is 5.56 Å². The Balaban J connectivity index is 1.66. The third-order valence-electron chi connectivity index (χ3n) is 4.78. The van der Waals surface area contributed by atoms with Crippen molar-refractivity contribution in [1.29, 1.82) is 0 Å². The van der Waals surface area contributed by atoms with Gasteiger partial charge in [0.2, 0.25) is 5.91 Å². The van der Waals surface area contributed by atoms with E-state index in [0.29, 0.717) is 22.2 Å². The van der Waals surface area contributed by atoms with Crippen molar-refractivity contribution in [1.82, 2.24) is 19.6 Å². The number of carbonyl (C=O) groups excluding carboxylic acids is 1. The fraction of sp³-hybridized carbons (Fsp3) is 0.182. The van der Waals surface area contributed by atoms with Gasteiger partial charge in [-0.1, -0.05) is 30.3 Å². The molecule has 0 aliphatic rings. The minimum atomic E-state index is -0.213. The van der Waals surface area contributed by atoms with E-state index >= 15 is 0 Å². The van der Waals surface area contributed by atoms with E-state index in [9.17, 15) is 9.59 Å². The first-order valence-corrected chi connectivity index (χ1v) is 9.31. The zero-order valence-corrected chi connectivity index (χ0v) is 16.5. The summed E-state index contributed by atoms with van der Waals surface area (Å²) in [6, 6.07) is 16.7. The Morgan fingerprint density at radius 3 is 2.41 bits per heavy atom. The molecule has 0 atom stereocenters. The van der Waals surface area contributed by atoms with Crippen LogP contribution >= 0.6 is 0 Å². The number of carbonyl (C=O) groups is 1. The van der Waals surface area contributed by atoms with E-state index in [4.69, 9.17) is 0 Å². The van der Waals surface area contributed by atoms with Crippen LogP contribution in [0.3, 0.4) is 0 Å². The summed E-state index contributed by atoms with van der Waals surface area (Å²) in [5.74, 6) is -0.213. The van der Waals surface area contributed by atoms with Gasteiger partial charge < -0.3 is 5.32 Å². The largest absolute Gasteiger partial charge is 0.324 e. The molecule has 2 aromatic heterocycles. The molecule has 1 amide bonds. The third-order valence-corrected chi connectivity index (χ3v) is 4.78. The highest BCUT2D eigenvalue weighted by Gasteiger charge is 2.15. The summed E-state index contributed by atoms with van der Waals surface area (Å²) in [4.78, 5) is 25.1. The standard InChI is InChI=1S/C22H21N5O2/c1-14-12-15(2)27(24-14)20-11-7-6-10-18(20)23-21(28)13-19-16-8-4-5-9-17(16)22(29)26(3)25-19/h4-12H,13H2,1-3H3,(H,23,28). The molecule has 146 valence electrons. The number of hydrogen-bond donors (Lipinski definition) is 1. The van der Waals surface area contributed by atoms with Gasteiger partial charge in [0.1, 0.15) is 0 Å². The van der Waals surface area contributed by atoms with Crippen molar-refractivity contribution in [2.45, 2.75) is 20.3 Å².